The second kappa shape index (κ2) is 2.98. The summed E-state index contributed by atoms with van der Waals surface area (Å²) in [6.45, 7) is 5.62. The molecular weight excluding hydrogens is 162 g/mol. The van der Waals surface area contributed by atoms with Crippen molar-refractivity contribution in [1.82, 2.24) is 0 Å². The van der Waals surface area contributed by atoms with Crippen LogP contribution in [0.1, 0.15) is 6.92 Å². The number of benzene rings is 1. The van der Waals surface area contributed by atoms with Gasteiger partial charge < -0.3 is 10.1 Å². The van der Waals surface area contributed by atoms with E-state index in [1.54, 1.807) is 6.08 Å². The molecule has 0 saturated heterocycles. The summed E-state index contributed by atoms with van der Waals surface area (Å²) < 4.78 is 5.58. The average molecular weight is 173 g/mol. The van der Waals surface area contributed by atoms with Gasteiger partial charge in [0, 0.05) is 0 Å². The molecule has 1 aromatic carbocycles. The van der Waals surface area contributed by atoms with Gasteiger partial charge in [-0.25, -0.2) is 0 Å². The second-order valence-electron chi connectivity index (χ2n) is 2.90. The molecule has 0 amide bonds. The Kier molecular flexibility index (Phi) is 1.81. The fraction of sp³-hybridized carbons (Fsp3) is 0.0909. The number of para-hydroxylation sites is 2. The van der Waals surface area contributed by atoms with Gasteiger partial charge in [-0.05, 0) is 25.1 Å². The van der Waals surface area contributed by atoms with Crippen molar-refractivity contribution in [2.45, 2.75) is 6.92 Å². The molecule has 0 bridgehead atoms. The minimum atomic E-state index is 0.855. The van der Waals surface area contributed by atoms with Crippen molar-refractivity contribution in [2.24, 2.45) is 0 Å². The summed E-state index contributed by atoms with van der Waals surface area (Å²) >= 11 is 0. The first-order valence-electron chi connectivity index (χ1n) is 4.18. The van der Waals surface area contributed by atoms with E-state index in [4.69, 9.17) is 4.74 Å². The summed E-state index contributed by atoms with van der Waals surface area (Å²) in [5.74, 6) is 1.72. The monoisotopic (exact) mass is 173 g/mol. The summed E-state index contributed by atoms with van der Waals surface area (Å²) in [7, 11) is 0. The van der Waals surface area contributed by atoms with Crippen LogP contribution < -0.4 is 10.1 Å². The number of rotatable bonds is 1. The molecule has 0 radical (unpaired) electrons. The third-order valence-electron chi connectivity index (χ3n) is 2.00. The van der Waals surface area contributed by atoms with Crippen LogP contribution in [0.15, 0.2) is 48.4 Å². The fourth-order valence-corrected chi connectivity index (χ4v) is 1.31. The number of ether oxygens (including phenoxy) is 1. The third-order valence-corrected chi connectivity index (χ3v) is 2.00. The number of fused-ring (bicyclic) bond motifs is 1. The van der Waals surface area contributed by atoms with Gasteiger partial charge >= 0.3 is 0 Å². The Bertz CT molecular complexity index is 379. The van der Waals surface area contributed by atoms with E-state index >= 15 is 0 Å². The van der Waals surface area contributed by atoms with Gasteiger partial charge in [0.25, 0.3) is 0 Å². The van der Waals surface area contributed by atoms with Crippen molar-refractivity contribution >= 4 is 5.69 Å². The van der Waals surface area contributed by atoms with Crippen molar-refractivity contribution in [3.05, 3.63) is 48.4 Å². The molecule has 66 valence electrons. The van der Waals surface area contributed by atoms with Gasteiger partial charge in [-0.3, -0.25) is 0 Å². The zero-order valence-corrected chi connectivity index (χ0v) is 7.50. The Hall–Kier alpha value is -1.70. The van der Waals surface area contributed by atoms with E-state index < -0.39 is 0 Å². The normalized spacial score (nSPS) is 14.2. The highest BCUT2D eigenvalue weighted by Gasteiger charge is 2.12. The quantitative estimate of drug-likeness (QED) is 0.705. The number of nitrogens with one attached hydrogen (secondary N) is 1. The zero-order valence-electron chi connectivity index (χ0n) is 7.50. The lowest BCUT2D eigenvalue weighted by Crippen LogP contribution is -2.10. The Morgan fingerprint density at radius 3 is 2.92 bits per heavy atom. The highest BCUT2D eigenvalue weighted by molar-refractivity contribution is 5.63. The maximum absolute atomic E-state index is 5.58. The summed E-state index contributed by atoms with van der Waals surface area (Å²) in [5, 5.41) is 3.23. The maximum Gasteiger partial charge on any atom is 0.150 e. The van der Waals surface area contributed by atoms with Crippen LogP contribution in [0.5, 0.6) is 5.75 Å². The molecule has 2 nitrogen and oxygen atoms in total. The van der Waals surface area contributed by atoms with Gasteiger partial charge in [-0.1, -0.05) is 18.7 Å². The highest BCUT2D eigenvalue weighted by atomic mass is 16.5. The fourth-order valence-electron chi connectivity index (χ4n) is 1.31. The molecule has 1 heterocycles. The Morgan fingerprint density at radius 1 is 1.38 bits per heavy atom. The SMILES string of the molecule is C=CC1=C(C)Oc2ccccc2N1. The molecule has 2 rings (SSSR count). The molecule has 0 aliphatic carbocycles. The van der Waals surface area contributed by atoms with Crippen LogP contribution in [0.3, 0.4) is 0 Å². The summed E-state index contributed by atoms with van der Waals surface area (Å²) in [6, 6.07) is 7.83. The predicted molar refractivity (Wildman–Crippen MR) is 53.6 cm³/mol. The van der Waals surface area contributed by atoms with Crippen LogP contribution in [0.25, 0.3) is 0 Å². The second-order valence-corrected chi connectivity index (χ2v) is 2.90. The summed E-state index contributed by atoms with van der Waals surface area (Å²) in [6.07, 6.45) is 1.76. The van der Waals surface area contributed by atoms with Crippen LogP contribution in [0.4, 0.5) is 5.69 Å². The van der Waals surface area contributed by atoms with Gasteiger partial charge in [0.05, 0.1) is 11.4 Å². The average Bonchev–Trinajstić information content (AvgIpc) is 2.17. The van der Waals surface area contributed by atoms with Crippen LogP contribution in [-0.4, -0.2) is 0 Å². The lowest BCUT2D eigenvalue weighted by atomic mass is 10.2. The molecule has 1 aromatic rings. The lowest BCUT2D eigenvalue weighted by Gasteiger charge is -2.20. The maximum atomic E-state index is 5.58. The molecule has 2 heteroatoms. The van der Waals surface area contributed by atoms with Crippen LogP contribution in [0.2, 0.25) is 0 Å². The molecule has 0 aromatic heterocycles. The van der Waals surface area contributed by atoms with E-state index in [0.29, 0.717) is 0 Å². The van der Waals surface area contributed by atoms with E-state index in [1.165, 1.54) is 0 Å². The molecule has 0 atom stereocenters. The Labute approximate surface area is 77.5 Å². The number of hydrogen-bond acceptors (Lipinski definition) is 2. The smallest absolute Gasteiger partial charge is 0.150 e. The molecule has 0 spiro atoms. The Morgan fingerprint density at radius 2 is 2.15 bits per heavy atom. The van der Waals surface area contributed by atoms with Crippen LogP contribution in [-0.2, 0) is 0 Å². The van der Waals surface area contributed by atoms with E-state index in [9.17, 15) is 0 Å². The molecule has 0 saturated carbocycles. The molecule has 1 aliphatic heterocycles. The molecular formula is C11H11NO. The first-order chi connectivity index (χ1) is 6.31. The van der Waals surface area contributed by atoms with E-state index in [1.807, 2.05) is 31.2 Å². The van der Waals surface area contributed by atoms with E-state index in [0.717, 1.165) is 22.9 Å². The van der Waals surface area contributed by atoms with E-state index in [2.05, 4.69) is 11.9 Å². The van der Waals surface area contributed by atoms with Gasteiger partial charge in [-0.2, -0.15) is 0 Å². The minimum absolute atomic E-state index is 0.855. The van der Waals surface area contributed by atoms with Crippen molar-refractivity contribution < 1.29 is 4.74 Å². The predicted octanol–water partition coefficient (Wildman–Crippen LogP) is 2.91. The van der Waals surface area contributed by atoms with Crippen molar-refractivity contribution in [2.75, 3.05) is 5.32 Å². The van der Waals surface area contributed by atoms with Crippen LogP contribution >= 0.6 is 0 Å². The zero-order chi connectivity index (χ0) is 9.26. The Balaban J connectivity index is 2.42. The van der Waals surface area contributed by atoms with Crippen molar-refractivity contribution in [3.8, 4) is 5.75 Å². The van der Waals surface area contributed by atoms with Gasteiger partial charge in [-0.15, -0.1) is 0 Å². The molecule has 0 unspecified atom stereocenters. The number of allylic oxidation sites excluding steroid dienone is 2. The molecule has 0 fully saturated rings. The summed E-state index contributed by atoms with van der Waals surface area (Å²) in [4.78, 5) is 0. The summed E-state index contributed by atoms with van der Waals surface area (Å²) in [5.41, 5.74) is 1.92. The standard InChI is InChI=1S/C11H11NO/c1-3-9-8(2)13-11-7-5-4-6-10(11)12-9/h3-7,12H,1H2,2H3. The minimum Gasteiger partial charge on any atom is -0.458 e. The van der Waals surface area contributed by atoms with E-state index in [-0.39, 0.29) is 0 Å². The topological polar surface area (TPSA) is 21.3 Å². The number of hydrogen-bond donors (Lipinski definition) is 1. The highest BCUT2D eigenvalue weighted by Crippen LogP contribution is 2.31. The molecule has 13 heavy (non-hydrogen) atoms. The van der Waals surface area contributed by atoms with Crippen molar-refractivity contribution in [1.29, 1.82) is 0 Å². The van der Waals surface area contributed by atoms with Gasteiger partial charge in [0.2, 0.25) is 0 Å². The van der Waals surface area contributed by atoms with Crippen LogP contribution in [0, 0.1) is 0 Å². The first kappa shape index (κ1) is 7.92. The van der Waals surface area contributed by atoms with Gasteiger partial charge in [0.15, 0.2) is 0 Å². The molecule has 1 aliphatic rings. The van der Waals surface area contributed by atoms with Gasteiger partial charge in [0.1, 0.15) is 11.5 Å². The molecule has 1 N–H and O–H groups in total. The largest absolute Gasteiger partial charge is 0.458 e. The third kappa shape index (κ3) is 1.31. The lowest BCUT2D eigenvalue weighted by molar-refractivity contribution is 0.419. The number of anilines is 1. The van der Waals surface area contributed by atoms with Crippen molar-refractivity contribution in [3.63, 3.8) is 0 Å². The first-order valence-corrected chi connectivity index (χ1v) is 4.18.